The summed E-state index contributed by atoms with van der Waals surface area (Å²) < 4.78 is 5.16. The minimum absolute atomic E-state index is 0. The molecule has 1 rings (SSSR count). The summed E-state index contributed by atoms with van der Waals surface area (Å²) in [4.78, 5) is 2.39. The van der Waals surface area contributed by atoms with Crippen molar-refractivity contribution in [1.82, 2.24) is 11.1 Å². The van der Waals surface area contributed by atoms with E-state index in [1.54, 1.807) is 0 Å². The van der Waals surface area contributed by atoms with Gasteiger partial charge < -0.3 is 10.9 Å². The summed E-state index contributed by atoms with van der Waals surface area (Å²) >= 11 is 0. The lowest BCUT2D eigenvalue weighted by Crippen LogP contribution is -2.35. The van der Waals surface area contributed by atoms with Crippen LogP contribution in [0.4, 0.5) is 0 Å². The van der Waals surface area contributed by atoms with Gasteiger partial charge >= 0.3 is 0 Å². The normalized spacial score (nSPS) is 21.0. The van der Waals surface area contributed by atoms with Gasteiger partial charge in [0, 0.05) is 13.1 Å². The molecule has 9 heavy (non-hydrogen) atoms. The zero-order valence-electron chi connectivity index (χ0n) is 6.10. The number of likely N-dealkylation sites (N-methyl/N-ethyl adjacent to an activating group) is 1. The first-order valence-corrected chi connectivity index (χ1v) is 3.23. The average Bonchev–Trinajstić information content (AvgIpc) is 1.90. The summed E-state index contributed by atoms with van der Waals surface area (Å²) in [6, 6.07) is 0. The Bertz CT molecular complexity index is 62.1. The first-order chi connectivity index (χ1) is 3.93. The molecule has 56 valence electrons. The summed E-state index contributed by atoms with van der Waals surface area (Å²) in [7, 11) is 0. The standard InChI is InChI=1S/C6H13NO.H3N/c1-2-7-3-5-8-6-4-7;/h2-6H2,1H3;1H3. The third-order valence-electron chi connectivity index (χ3n) is 1.55. The van der Waals surface area contributed by atoms with Gasteiger partial charge in [-0.15, -0.1) is 0 Å². The molecule has 1 saturated heterocycles. The molecule has 3 N–H and O–H groups in total. The highest BCUT2D eigenvalue weighted by Crippen LogP contribution is 1.93. The van der Waals surface area contributed by atoms with E-state index in [1.807, 2.05) is 0 Å². The summed E-state index contributed by atoms with van der Waals surface area (Å²) in [6.45, 7) is 7.45. The molecule has 1 heterocycles. The smallest absolute Gasteiger partial charge is 0.0594 e. The van der Waals surface area contributed by atoms with Crippen LogP contribution in [-0.2, 0) is 4.74 Å². The Morgan fingerprint density at radius 1 is 1.33 bits per heavy atom. The topological polar surface area (TPSA) is 47.5 Å². The van der Waals surface area contributed by atoms with Crippen molar-refractivity contribution in [3.8, 4) is 0 Å². The molecule has 0 aromatic heterocycles. The van der Waals surface area contributed by atoms with Crippen molar-refractivity contribution in [2.75, 3.05) is 32.8 Å². The van der Waals surface area contributed by atoms with E-state index < -0.39 is 0 Å². The highest BCUT2D eigenvalue weighted by atomic mass is 16.5. The molecular weight excluding hydrogens is 116 g/mol. The lowest BCUT2D eigenvalue weighted by Gasteiger charge is -2.24. The lowest BCUT2D eigenvalue weighted by molar-refractivity contribution is 0.0405. The van der Waals surface area contributed by atoms with Crippen LogP contribution in [0.25, 0.3) is 0 Å². The highest BCUT2D eigenvalue weighted by Gasteiger charge is 2.05. The van der Waals surface area contributed by atoms with E-state index in [2.05, 4.69) is 11.8 Å². The van der Waals surface area contributed by atoms with Crippen molar-refractivity contribution in [3.63, 3.8) is 0 Å². The van der Waals surface area contributed by atoms with E-state index in [4.69, 9.17) is 4.74 Å². The second kappa shape index (κ2) is 4.73. The Kier molecular flexibility index (Phi) is 4.67. The van der Waals surface area contributed by atoms with Crippen molar-refractivity contribution in [2.45, 2.75) is 6.92 Å². The van der Waals surface area contributed by atoms with Crippen LogP contribution in [0.15, 0.2) is 0 Å². The van der Waals surface area contributed by atoms with E-state index in [9.17, 15) is 0 Å². The number of nitrogens with zero attached hydrogens (tertiary/aromatic N) is 1. The Labute approximate surface area is 56.6 Å². The van der Waals surface area contributed by atoms with Crippen molar-refractivity contribution in [3.05, 3.63) is 0 Å². The molecule has 0 saturated carbocycles. The fourth-order valence-electron chi connectivity index (χ4n) is 0.917. The van der Waals surface area contributed by atoms with Crippen LogP contribution in [-0.4, -0.2) is 37.7 Å². The molecule has 0 aromatic carbocycles. The summed E-state index contributed by atoms with van der Waals surface area (Å²) in [5.74, 6) is 0. The number of morpholine rings is 1. The van der Waals surface area contributed by atoms with Crippen LogP contribution in [0.3, 0.4) is 0 Å². The summed E-state index contributed by atoms with van der Waals surface area (Å²) in [5.41, 5.74) is 0. The predicted octanol–water partition coefficient (Wildman–Crippen LogP) is 0.501. The van der Waals surface area contributed by atoms with Gasteiger partial charge in [0.05, 0.1) is 13.2 Å². The molecule has 3 heteroatoms. The molecule has 1 fully saturated rings. The molecule has 3 nitrogen and oxygen atoms in total. The van der Waals surface area contributed by atoms with Crippen LogP contribution in [0, 0.1) is 0 Å². The zero-order chi connectivity index (χ0) is 5.82. The summed E-state index contributed by atoms with van der Waals surface area (Å²) in [6.07, 6.45) is 0. The molecule has 0 bridgehead atoms. The van der Waals surface area contributed by atoms with E-state index in [1.165, 1.54) is 6.54 Å². The predicted molar refractivity (Wildman–Crippen MR) is 38.0 cm³/mol. The maximum Gasteiger partial charge on any atom is 0.0594 e. The molecular formula is C6H16N2O. The molecule has 0 aromatic rings. The Morgan fingerprint density at radius 2 is 1.89 bits per heavy atom. The molecule has 1 aliphatic heterocycles. The second-order valence-corrected chi connectivity index (χ2v) is 2.05. The van der Waals surface area contributed by atoms with Gasteiger partial charge in [-0.3, -0.25) is 4.90 Å². The molecule has 0 spiro atoms. The fraction of sp³-hybridized carbons (Fsp3) is 1.00. The van der Waals surface area contributed by atoms with Crippen LogP contribution in [0.1, 0.15) is 6.92 Å². The Balaban J connectivity index is 0.000000640. The maximum atomic E-state index is 5.16. The fourth-order valence-corrected chi connectivity index (χ4v) is 0.917. The van der Waals surface area contributed by atoms with Crippen LogP contribution >= 0.6 is 0 Å². The van der Waals surface area contributed by atoms with E-state index >= 15 is 0 Å². The second-order valence-electron chi connectivity index (χ2n) is 2.05. The third kappa shape index (κ3) is 2.79. The van der Waals surface area contributed by atoms with Crippen molar-refractivity contribution in [2.24, 2.45) is 0 Å². The number of hydrogen-bond donors (Lipinski definition) is 1. The number of rotatable bonds is 1. The molecule has 0 radical (unpaired) electrons. The quantitative estimate of drug-likeness (QED) is 0.565. The van der Waals surface area contributed by atoms with Gasteiger partial charge in [0.1, 0.15) is 0 Å². The number of ether oxygens (including phenoxy) is 1. The highest BCUT2D eigenvalue weighted by molar-refractivity contribution is 4.57. The molecule has 0 amide bonds. The lowest BCUT2D eigenvalue weighted by atomic mass is 10.4. The van der Waals surface area contributed by atoms with E-state index in [-0.39, 0.29) is 6.15 Å². The van der Waals surface area contributed by atoms with E-state index in [0.717, 1.165) is 26.3 Å². The molecule has 0 unspecified atom stereocenters. The van der Waals surface area contributed by atoms with Gasteiger partial charge in [-0.25, -0.2) is 0 Å². The van der Waals surface area contributed by atoms with Gasteiger partial charge in [-0.05, 0) is 6.54 Å². The van der Waals surface area contributed by atoms with Gasteiger partial charge in [0.15, 0.2) is 0 Å². The van der Waals surface area contributed by atoms with Crippen molar-refractivity contribution >= 4 is 0 Å². The first kappa shape index (κ1) is 8.88. The Hall–Kier alpha value is -0.120. The summed E-state index contributed by atoms with van der Waals surface area (Å²) in [5, 5.41) is 0. The molecule has 0 aliphatic carbocycles. The van der Waals surface area contributed by atoms with Crippen LogP contribution in [0.5, 0.6) is 0 Å². The van der Waals surface area contributed by atoms with Crippen LogP contribution < -0.4 is 6.15 Å². The van der Waals surface area contributed by atoms with Gasteiger partial charge in [0.25, 0.3) is 0 Å². The monoisotopic (exact) mass is 132 g/mol. The van der Waals surface area contributed by atoms with Crippen molar-refractivity contribution < 1.29 is 4.74 Å². The average molecular weight is 132 g/mol. The Morgan fingerprint density at radius 3 is 2.22 bits per heavy atom. The largest absolute Gasteiger partial charge is 0.379 e. The SMILES string of the molecule is CCN1CCOCC1.N. The molecule has 1 aliphatic rings. The van der Waals surface area contributed by atoms with Gasteiger partial charge in [-0.2, -0.15) is 0 Å². The van der Waals surface area contributed by atoms with Gasteiger partial charge in [0.2, 0.25) is 0 Å². The third-order valence-corrected chi connectivity index (χ3v) is 1.55. The van der Waals surface area contributed by atoms with Crippen LogP contribution in [0.2, 0.25) is 0 Å². The van der Waals surface area contributed by atoms with Crippen molar-refractivity contribution in [1.29, 1.82) is 0 Å². The minimum atomic E-state index is 0. The van der Waals surface area contributed by atoms with E-state index in [0.29, 0.717) is 0 Å². The van der Waals surface area contributed by atoms with Gasteiger partial charge in [-0.1, -0.05) is 6.92 Å². The first-order valence-electron chi connectivity index (χ1n) is 3.23. The maximum absolute atomic E-state index is 5.16. The number of hydrogen-bond acceptors (Lipinski definition) is 3. The zero-order valence-corrected chi connectivity index (χ0v) is 6.10. The minimum Gasteiger partial charge on any atom is -0.379 e. The molecule has 0 atom stereocenters.